The summed E-state index contributed by atoms with van der Waals surface area (Å²) in [7, 11) is 0. The fourth-order valence-electron chi connectivity index (χ4n) is 1.93. The first-order valence-corrected chi connectivity index (χ1v) is 6.06. The van der Waals surface area contributed by atoms with E-state index < -0.39 is 0 Å². The highest BCUT2D eigenvalue weighted by Crippen LogP contribution is 2.14. The Morgan fingerprint density at radius 2 is 1.76 bits per heavy atom. The summed E-state index contributed by atoms with van der Waals surface area (Å²) in [6, 6.07) is 0. The van der Waals surface area contributed by atoms with E-state index >= 15 is 0 Å². The average Bonchev–Trinajstić information content (AvgIpc) is 2.58. The van der Waals surface area contributed by atoms with E-state index in [0.717, 1.165) is 5.69 Å². The first-order chi connectivity index (χ1) is 8.10. The molecular weight excluding hydrogens is 216 g/mol. The molecule has 2 rings (SSSR count). The van der Waals surface area contributed by atoms with Crippen LogP contribution in [0.1, 0.15) is 39.3 Å². The van der Waals surface area contributed by atoms with Crippen molar-refractivity contribution in [1.29, 1.82) is 0 Å². The molecule has 0 aliphatic rings. The summed E-state index contributed by atoms with van der Waals surface area (Å²) in [5.74, 6) is 0.317. The summed E-state index contributed by atoms with van der Waals surface area (Å²) in [5, 5.41) is 0. The summed E-state index contributed by atoms with van der Waals surface area (Å²) >= 11 is 0. The number of hydrogen-bond acceptors (Lipinski definition) is 3. The van der Waals surface area contributed by atoms with Gasteiger partial charge in [0.25, 0.3) is 0 Å². The summed E-state index contributed by atoms with van der Waals surface area (Å²) < 4.78 is 3.34. The molecule has 0 fully saturated rings. The maximum absolute atomic E-state index is 12.1. The van der Waals surface area contributed by atoms with Crippen LogP contribution in [0.3, 0.4) is 0 Å². The van der Waals surface area contributed by atoms with Gasteiger partial charge in [-0.3, -0.25) is 9.13 Å². The van der Waals surface area contributed by atoms with Crippen LogP contribution in [0.5, 0.6) is 0 Å². The molecule has 0 atom stereocenters. The summed E-state index contributed by atoms with van der Waals surface area (Å²) in [6.07, 6.45) is 1.76. The number of rotatable bonds is 3. The van der Waals surface area contributed by atoms with E-state index in [4.69, 9.17) is 0 Å². The molecule has 0 saturated carbocycles. The van der Waals surface area contributed by atoms with Crippen LogP contribution in [-0.4, -0.2) is 19.1 Å². The molecule has 5 nitrogen and oxygen atoms in total. The molecule has 5 heteroatoms. The van der Waals surface area contributed by atoms with Crippen LogP contribution in [0.15, 0.2) is 11.0 Å². The molecule has 0 aromatic carbocycles. The second kappa shape index (κ2) is 4.31. The van der Waals surface area contributed by atoms with Gasteiger partial charge in [-0.25, -0.2) is 14.8 Å². The quantitative estimate of drug-likeness (QED) is 0.813. The number of aromatic nitrogens is 4. The van der Waals surface area contributed by atoms with Crippen molar-refractivity contribution in [3.05, 3.63) is 22.4 Å². The molecule has 17 heavy (non-hydrogen) atoms. The van der Waals surface area contributed by atoms with Gasteiger partial charge in [-0.2, -0.15) is 0 Å². The van der Waals surface area contributed by atoms with Crippen LogP contribution < -0.4 is 5.69 Å². The van der Waals surface area contributed by atoms with Gasteiger partial charge in [0.2, 0.25) is 0 Å². The summed E-state index contributed by atoms with van der Waals surface area (Å²) in [6.45, 7) is 9.28. The molecule has 2 heterocycles. The van der Waals surface area contributed by atoms with Gasteiger partial charge in [-0.15, -0.1) is 0 Å². The maximum atomic E-state index is 12.1. The van der Waals surface area contributed by atoms with E-state index in [1.165, 1.54) is 0 Å². The lowest BCUT2D eigenvalue weighted by Crippen LogP contribution is -2.23. The van der Waals surface area contributed by atoms with Gasteiger partial charge in [0.05, 0.1) is 11.9 Å². The molecule has 0 unspecified atom stereocenters. The second-order valence-electron chi connectivity index (χ2n) is 4.37. The zero-order valence-corrected chi connectivity index (χ0v) is 10.8. The van der Waals surface area contributed by atoms with Gasteiger partial charge < -0.3 is 0 Å². The summed E-state index contributed by atoms with van der Waals surface area (Å²) in [5.41, 5.74) is 2.29. The zero-order valence-electron chi connectivity index (χ0n) is 10.8. The van der Waals surface area contributed by atoms with E-state index in [-0.39, 0.29) is 5.69 Å². The van der Waals surface area contributed by atoms with E-state index in [0.29, 0.717) is 30.3 Å². The second-order valence-corrected chi connectivity index (χ2v) is 4.37. The lowest BCUT2D eigenvalue weighted by atomic mass is 10.1. The van der Waals surface area contributed by atoms with Crippen LogP contribution >= 0.6 is 0 Å². The maximum Gasteiger partial charge on any atom is 0.331 e. The normalized spacial score (nSPS) is 11.6. The Kier molecular flexibility index (Phi) is 3.00. The molecule has 92 valence electrons. The van der Waals surface area contributed by atoms with Crippen molar-refractivity contribution in [1.82, 2.24) is 19.1 Å². The van der Waals surface area contributed by atoms with Gasteiger partial charge >= 0.3 is 5.69 Å². The van der Waals surface area contributed by atoms with Gasteiger partial charge in [0.1, 0.15) is 0 Å². The Morgan fingerprint density at radius 1 is 1.18 bits per heavy atom. The van der Waals surface area contributed by atoms with E-state index in [1.807, 2.05) is 13.8 Å². The highest BCUT2D eigenvalue weighted by molar-refractivity contribution is 5.66. The van der Waals surface area contributed by atoms with Crippen molar-refractivity contribution >= 4 is 11.3 Å². The third-order valence-electron chi connectivity index (χ3n) is 2.95. The Morgan fingerprint density at radius 3 is 2.29 bits per heavy atom. The minimum absolute atomic E-state index is 0.0223. The van der Waals surface area contributed by atoms with E-state index in [1.54, 1.807) is 15.3 Å². The van der Waals surface area contributed by atoms with Crippen LogP contribution in [0.4, 0.5) is 0 Å². The first kappa shape index (κ1) is 11.8. The molecule has 0 aliphatic carbocycles. The molecular formula is C12H18N4O. The van der Waals surface area contributed by atoms with Crippen molar-refractivity contribution in [2.45, 2.75) is 46.7 Å². The highest BCUT2D eigenvalue weighted by Gasteiger charge is 2.14. The molecule has 0 saturated heterocycles. The molecule has 0 aliphatic heterocycles. The van der Waals surface area contributed by atoms with Gasteiger partial charge in [0.15, 0.2) is 11.3 Å². The average molecular weight is 234 g/mol. The van der Waals surface area contributed by atoms with Crippen LogP contribution in [0, 0.1) is 0 Å². The molecule has 0 N–H and O–H groups in total. The van der Waals surface area contributed by atoms with Gasteiger partial charge in [-0.1, -0.05) is 13.8 Å². The standard InChI is InChI=1S/C12H18N4O/c1-5-15-10-11(16(6-2)12(15)17)14-9(7-13-10)8(3)4/h7-8H,5-6H2,1-4H3. The Bertz CT molecular complexity index is 594. The first-order valence-electron chi connectivity index (χ1n) is 6.06. The Balaban J connectivity index is 2.81. The Hall–Kier alpha value is -1.65. The van der Waals surface area contributed by atoms with Crippen LogP contribution in [0.2, 0.25) is 0 Å². The molecule has 0 radical (unpaired) electrons. The number of hydrogen-bond donors (Lipinski definition) is 0. The Labute approximate surface area is 100 Å². The lowest BCUT2D eigenvalue weighted by Gasteiger charge is -2.04. The summed E-state index contributed by atoms with van der Waals surface area (Å²) in [4.78, 5) is 21.0. The number of nitrogens with zero attached hydrogens (tertiary/aromatic N) is 4. The third kappa shape index (κ3) is 1.75. The smallest absolute Gasteiger partial charge is 0.275 e. The monoisotopic (exact) mass is 234 g/mol. The molecule has 2 aromatic rings. The van der Waals surface area contributed by atoms with Gasteiger partial charge in [-0.05, 0) is 19.8 Å². The van der Waals surface area contributed by atoms with Crippen molar-refractivity contribution in [3.8, 4) is 0 Å². The van der Waals surface area contributed by atoms with Gasteiger partial charge in [0, 0.05) is 13.1 Å². The molecule has 0 spiro atoms. The lowest BCUT2D eigenvalue weighted by molar-refractivity contribution is 0.666. The SMILES string of the molecule is CCn1c(=O)n(CC)c2nc(C(C)C)cnc21. The van der Waals surface area contributed by atoms with Crippen LogP contribution in [0.25, 0.3) is 11.3 Å². The number of imidazole rings is 1. The number of fused-ring (bicyclic) bond motifs is 1. The minimum Gasteiger partial charge on any atom is -0.275 e. The largest absolute Gasteiger partial charge is 0.331 e. The topological polar surface area (TPSA) is 52.7 Å². The highest BCUT2D eigenvalue weighted by atomic mass is 16.1. The van der Waals surface area contributed by atoms with Crippen molar-refractivity contribution in [2.75, 3.05) is 0 Å². The van der Waals surface area contributed by atoms with Crippen molar-refractivity contribution in [2.24, 2.45) is 0 Å². The van der Waals surface area contributed by atoms with Crippen molar-refractivity contribution in [3.63, 3.8) is 0 Å². The predicted molar refractivity (Wildman–Crippen MR) is 67.2 cm³/mol. The predicted octanol–water partition coefficient (Wildman–Crippen LogP) is 1.76. The third-order valence-corrected chi connectivity index (χ3v) is 2.95. The molecule has 2 aromatic heterocycles. The molecule has 0 bridgehead atoms. The van der Waals surface area contributed by atoms with E-state index in [9.17, 15) is 4.79 Å². The van der Waals surface area contributed by atoms with E-state index in [2.05, 4.69) is 23.8 Å². The minimum atomic E-state index is -0.0223. The fraction of sp³-hybridized carbons (Fsp3) is 0.583. The fourth-order valence-corrected chi connectivity index (χ4v) is 1.93. The number of aryl methyl sites for hydroxylation is 2. The molecule has 0 amide bonds. The van der Waals surface area contributed by atoms with Crippen LogP contribution in [-0.2, 0) is 13.1 Å². The van der Waals surface area contributed by atoms with Crippen molar-refractivity contribution < 1.29 is 0 Å². The zero-order chi connectivity index (χ0) is 12.6.